The van der Waals surface area contributed by atoms with Gasteiger partial charge in [-0.05, 0) is 60.7 Å². The van der Waals surface area contributed by atoms with Gasteiger partial charge in [0.25, 0.3) is 11.7 Å². The Morgan fingerprint density at radius 2 is 1.90 bits per heavy atom. The number of ether oxygens (including phenoxy) is 3. The number of carbonyl (C=O) groups excluding carboxylic acids is 2. The van der Waals surface area contributed by atoms with Crippen molar-refractivity contribution in [2.24, 2.45) is 5.92 Å². The van der Waals surface area contributed by atoms with Crippen LogP contribution >= 0.6 is 0 Å². The van der Waals surface area contributed by atoms with Gasteiger partial charge in [0.05, 0.1) is 31.4 Å². The summed E-state index contributed by atoms with van der Waals surface area (Å²) in [6, 6.07) is 12.2. The fourth-order valence-electron chi connectivity index (χ4n) is 5.44. The van der Waals surface area contributed by atoms with E-state index in [1.165, 1.54) is 0 Å². The van der Waals surface area contributed by atoms with E-state index < -0.39 is 17.7 Å². The van der Waals surface area contributed by atoms with Gasteiger partial charge in [-0.25, -0.2) is 0 Å². The lowest BCUT2D eigenvalue weighted by atomic mass is 9.94. The molecule has 0 aliphatic carbocycles. The maximum Gasteiger partial charge on any atom is 0.295 e. The van der Waals surface area contributed by atoms with Crippen molar-refractivity contribution in [2.75, 3.05) is 46.0 Å². The number of hydrogen-bond donors (Lipinski definition) is 1. The first-order valence-corrected chi connectivity index (χ1v) is 13.9. The summed E-state index contributed by atoms with van der Waals surface area (Å²) in [6.45, 7) is 10.7. The van der Waals surface area contributed by atoms with E-state index in [0.717, 1.165) is 42.8 Å². The highest BCUT2D eigenvalue weighted by Gasteiger charge is 2.46. The van der Waals surface area contributed by atoms with Gasteiger partial charge in [-0.15, -0.1) is 0 Å². The summed E-state index contributed by atoms with van der Waals surface area (Å²) in [5, 5.41) is 11.5. The molecule has 0 saturated carbocycles. The number of aliphatic hydroxyl groups is 1. The number of benzene rings is 2. The molecule has 0 radical (unpaired) electrons. The van der Waals surface area contributed by atoms with Gasteiger partial charge in [0.15, 0.2) is 0 Å². The number of Topliss-reactive ketones (excluding diaryl/α,β-unsaturated/α-hetero) is 1. The monoisotopic (exact) mass is 534 g/mol. The number of fused-ring (bicyclic) bond motifs is 1. The Bertz CT molecular complexity index is 1250. The molecule has 2 saturated heterocycles. The second-order valence-corrected chi connectivity index (χ2v) is 11.0. The summed E-state index contributed by atoms with van der Waals surface area (Å²) < 4.78 is 17.3. The first kappa shape index (κ1) is 27.2. The van der Waals surface area contributed by atoms with Gasteiger partial charge in [-0.3, -0.25) is 14.5 Å². The second kappa shape index (κ2) is 11.8. The van der Waals surface area contributed by atoms with Crippen molar-refractivity contribution >= 4 is 17.4 Å². The standard InChI is InChI=1S/C31H38N2O6/c1-20(2)9-14-38-25-6-4-5-22(19-25)28-27(29(34)23-7-8-26-24(18-23)17-21(3)39-26)30(35)31(36)33(28)11-10-32-12-15-37-16-13-32/h4-8,18-21,28,34H,9-17H2,1-3H3/b29-27+/t21-,28-/m1/s1. The van der Waals surface area contributed by atoms with Crippen LogP contribution in [0.5, 0.6) is 11.5 Å². The Hall–Kier alpha value is -3.36. The average molecular weight is 535 g/mol. The number of carbonyl (C=O) groups is 2. The number of likely N-dealkylation sites (tertiary alicyclic amines) is 1. The highest BCUT2D eigenvalue weighted by molar-refractivity contribution is 6.46. The quantitative estimate of drug-likeness (QED) is 0.293. The van der Waals surface area contributed by atoms with Crippen molar-refractivity contribution in [1.29, 1.82) is 0 Å². The van der Waals surface area contributed by atoms with Crippen LogP contribution in [0.3, 0.4) is 0 Å². The zero-order valence-corrected chi connectivity index (χ0v) is 23.0. The van der Waals surface area contributed by atoms with E-state index in [4.69, 9.17) is 14.2 Å². The van der Waals surface area contributed by atoms with E-state index in [1.807, 2.05) is 43.3 Å². The van der Waals surface area contributed by atoms with Crippen LogP contribution in [0.15, 0.2) is 48.0 Å². The maximum absolute atomic E-state index is 13.5. The van der Waals surface area contributed by atoms with Gasteiger partial charge >= 0.3 is 0 Å². The predicted molar refractivity (Wildman–Crippen MR) is 148 cm³/mol. The second-order valence-electron chi connectivity index (χ2n) is 11.0. The van der Waals surface area contributed by atoms with E-state index in [-0.39, 0.29) is 17.4 Å². The lowest BCUT2D eigenvalue weighted by Gasteiger charge is -2.31. The van der Waals surface area contributed by atoms with Crippen LogP contribution < -0.4 is 9.47 Å². The topological polar surface area (TPSA) is 88.5 Å². The molecule has 0 aromatic heterocycles. The summed E-state index contributed by atoms with van der Waals surface area (Å²) in [5.41, 5.74) is 2.32. The molecule has 5 rings (SSSR count). The van der Waals surface area contributed by atoms with E-state index in [0.29, 0.717) is 50.1 Å². The summed E-state index contributed by atoms with van der Waals surface area (Å²) >= 11 is 0. The number of rotatable bonds is 9. The highest BCUT2D eigenvalue weighted by Crippen LogP contribution is 2.41. The maximum atomic E-state index is 13.5. The zero-order valence-electron chi connectivity index (χ0n) is 23.0. The van der Waals surface area contributed by atoms with Crippen LogP contribution in [0.4, 0.5) is 0 Å². The fraction of sp³-hybridized carbons (Fsp3) is 0.484. The molecule has 3 aliphatic rings. The molecule has 2 aromatic rings. The molecule has 0 spiro atoms. The van der Waals surface area contributed by atoms with E-state index in [1.54, 1.807) is 11.0 Å². The van der Waals surface area contributed by atoms with Gasteiger partial charge in [-0.2, -0.15) is 0 Å². The van der Waals surface area contributed by atoms with E-state index in [9.17, 15) is 14.7 Å². The first-order chi connectivity index (χ1) is 18.8. The number of hydrogen-bond acceptors (Lipinski definition) is 7. The van der Waals surface area contributed by atoms with Gasteiger partial charge in [-0.1, -0.05) is 26.0 Å². The van der Waals surface area contributed by atoms with Crippen molar-refractivity contribution in [3.63, 3.8) is 0 Å². The van der Waals surface area contributed by atoms with Crippen LogP contribution in [-0.4, -0.2) is 78.7 Å². The number of morpholine rings is 1. The van der Waals surface area contributed by atoms with Crippen molar-refractivity contribution in [1.82, 2.24) is 9.80 Å². The minimum Gasteiger partial charge on any atom is -0.507 e. The molecule has 8 nitrogen and oxygen atoms in total. The highest BCUT2D eigenvalue weighted by atomic mass is 16.5. The molecular weight excluding hydrogens is 496 g/mol. The molecule has 39 heavy (non-hydrogen) atoms. The third-order valence-corrected chi connectivity index (χ3v) is 7.61. The molecule has 2 fully saturated rings. The molecular formula is C31H38N2O6. The van der Waals surface area contributed by atoms with Crippen molar-refractivity contribution in [3.05, 3.63) is 64.7 Å². The summed E-state index contributed by atoms with van der Waals surface area (Å²) in [6.07, 6.45) is 1.70. The minimum absolute atomic E-state index is 0.0570. The minimum atomic E-state index is -0.719. The molecule has 2 atom stereocenters. The Labute approximate surface area is 230 Å². The Morgan fingerprint density at radius 1 is 1.10 bits per heavy atom. The molecule has 3 heterocycles. The third kappa shape index (κ3) is 5.97. The molecule has 8 heteroatoms. The van der Waals surface area contributed by atoms with Gasteiger partial charge in [0, 0.05) is 38.2 Å². The molecule has 1 amide bonds. The Kier molecular flexibility index (Phi) is 8.23. The van der Waals surface area contributed by atoms with Crippen molar-refractivity contribution in [3.8, 4) is 11.5 Å². The Balaban J connectivity index is 1.50. The molecule has 0 unspecified atom stereocenters. The lowest BCUT2D eigenvalue weighted by molar-refractivity contribution is -0.140. The first-order valence-electron chi connectivity index (χ1n) is 13.9. The summed E-state index contributed by atoms with van der Waals surface area (Å²) in [4.78, 5) is 30.7. The number of aliphatic hydroxyl groups excluding tert-OH is 1. The number of ketones is 1. The van der Waals surface area contributed by atoms with Gasteiger partial charge in [0.2, 0.25) is 0 Å². The fourth-order valence-corrected chi connectivity index (χ4v) is 5.44. The third-order valence-electron chi connectivity index (χ3n) is 7.61. The summed E-state index contributed by atoms with van der Waals surface area (Å²) in [7, 11) is 0. The molecule has 1 N–H and O–H groups in total. The van der Waals surface area contributed by atoms with Crippen LogP contribution in [0, 0.1) is 5.92 Å². The molecule has 208 valence electrons. The SMILES string of the molecule is CC(C)CCOc1cccc([C@@H]2/C(=C(\O)c3ccc4c(c3)C[C@@H](C)O4)C(=O)C(=O)N2CCN2CCOCC2)c1. The van der Waals surface area contributed by atoms with Gasteiger partial charge in [0.1, 0.15) is 23.4 Å². The van der Waals surface area contributed by atoms with Crippen LogP contribution in [0.1, 0.15) is 49.9 Å². The average Bonchev–Trinajstić information content (AvgIpc) is 3.42. The largest absolute Gasteiger partial charge is 0.507 e. The molecule has 0 bridgehead atoms. The Morgan fingerprint density at radius 3 is 2.67 bits per heavy atom. The van der Waals surface area contributed by atoms with E-state index >= 15 is 0 Å². The van der Waals surface area contributed by atoms with Crippen LogP contribution in [0.25, 0.3) is 5.76 Å². The van der Waals surface area contributed by atoms with Crippen LogP contribution in [-0.2, 0) is 20.7 Å². The van der Waals surface area contributed by atoms with E-state index in [2.05, 4.69) is 18.7 Å². The normalized spacial score (nSPS) is 22.8. The molecule has 3 aliphatic heterocycles. The predicted octanol–water partition coefficient (Wildman–Crippen LogP) is 4.19. The molecule has 2 aromatic carbocycles. The number of amides is 1. The van der Waals surface area contributed by atoms with Crippen molar-refractivity contribution < 1.29 is 28.9 Å². The zero-order chi connectivity index (χ0) is 27.5. The summed E-state index contributed by atoms with van der Waals surface area (Å²) in [5.74, 6) is 0.542. The van der Waals surface area contributed by atoms with Gasteiger partial charge < -0.3 is 24.2 Å². The van der Waals surface area contributed by atoms with Crippen LogP contribution in [0.2, 0.25) is 0 Å². The lowest BCUT2D eigenvalue weighted by Crippen LogP contribution is -2.42. The smallest absolute Gasteiger partial charge is 0.295 e. The van der Waals surface area contributed by atoms with Crippen molar-refractivity contribution in [2.45, 2.75) is 45.8 Å². The number of nitrogens with zero attached hydrogens (tertiary/aromatic N) is 2.